The minimum absolute atomic E-state index is 0.132. The lowest BCUT2D eigenvalue weighted by molar-refractivity contribution is -0.145. The molecule has 2 fully saturated rings. The number of rotatable bonds is 1. The molecule has 90 valence electrons. The average molecular weight is 223 g/mol. The van der Waals surface area contributed by atoms with Crippen molar-refractivity contribution in [3.05, 3.63) is 0 Å². The highest BCUT2D eigenvalue weighted by atomic mass is 16.2. The van der Waals surface area contributed by atoms with Gasteiger partial charge in [-0.2, -0.15) is 0 Å². The molecule has 3 nitrogen and oxygen atoms in total. The number of hydrogen-bond acceptors (Lipinski definition) is 2. The number of nitrogens with zero attached hydrogens (tertiary/aromatic N) is 1. The largest absolute Gasteiger partial charge is 0.348 e. The highest BCUT2D eigenvalue weighted by molar-refractivity contribution is 5.99. The van der Waals surface area contributed by atoms with E-state index in [-0.39, 0.29) is 22.5 Å². The van der Waals surface area contributed by atoms with Gasteiger partial charge in [0.05, 0.1) is 5.41 Å². The molecule has 0 spiro atoms. The Hall–Kier alpha value is -0.860. The fourth-order valence-electron chi connectivity index (χ4n) is 3.76. The zero-order valence-corrected chi connectivity index (χ0v) is 10.9. The van der Waals surface area contributed by atoms with E-state index < -0.39 is 5.41 Å². The molecule has 0 heterocycles. The van der Waals surface area contributed by atoms with E-state index in [1.165, 1.54) is 0 Å². The first-order chi connectivity index (χ1) is 7.19. The van der Waals surface area contributed by atoms with Crippen molar-refractivity contribution in [2.45, 2.75) is 40.0 Å². The van der Waals surface area contributed by atoms with Crippen molar-refractivity contribution >= 4 is 11.7 Å². The zero-order chi connectivity index (χ0) is 12.4. The SMILES string of the molecule is CN(C)C(=O)C12CCC(C)(C(=O)C1)C2(C)C. The molecule has 2 saturated carbocycles. The van der Waals surface area contributed by atoms with Crippen LogP contribution in [-0.4, -0.2) is 30.7 Å². The van der Waals surface area contributed by atoms with E-state index in [0.29, 0.717) is 6.42 Å². The molecule has 2 rings (SSSR count). The van der Waals surface area contributed by atoms with Crippen molar-refractivity contribution < 1.29 is 9.59 Å². The molecule has 2 bridgehead atoms. The van der Waals surface area contributed by atoms with Crippen LogP contribution in [0.3, 0.4) is 0 Å². The minimum Gasteiger partial charge on any atom is -0.348 e. The second kappa shape index (κ2) is 2.88. The first-order valence-electron chi connectivity index (χ1n) is 5.94. The number of carbonyl (C=O) groups excluding carboxylic acids is 2. The maximum absolute atomic E-state index is 12.4. The Bertz CT molecular complexity index is 372. The highest BCUT2D eigenvalue weighted by Gasteiger charge is 2.72. The lowest BCUT2D eigenvalue weighted by atomic mass is 9.64. The monoisotopic (exact) mass is 223 g/mol. The molecule has 16 heavy (non-hydrogen) atoms. The van der Waals surface area contributed by atoms with Gasteiger partial charge in [0.1, 0.15) is 5.78 Å². The third-order valence-corrected chi connectivity index (χ3v) is 5.52. The number of ketones is 1. The van der Waals surface area contributed by atoms with E-state index in [1.54, 1.807) is 19.0 Å². The minimum atomic E-state index is -0.442. The smallest absolute Gasteiger partial charge is 0.229 e. The quantitative estimate of drug-likeness (QED) is 0.680. The Morgan fingerprint density at radius 3 is 2.06 bits per heavy atom. The highest BCUT2D eigenvalue weighted by Crippen LogP contribution is 2.70. The molecule has 0 saturated heterocycles. The van der Waals surface area contributed by atoms with Crippen LogP contribution in [-0.2, 0) is 9.59 Å². The Morgan fingerprint density at radius 1 is 1.19 bits per heavy atom. The van der Waals surface area contributed by atoms with Crippen LogP contribution in [0.2, 0.25) is 0 Å². The topological polar surface area (TPSA) is 37.4 Å². The summed E-state index contributed by atoms with van der Waals surface area (Å²) in [5.74, 6) is 0.408. The first kappa shape index (κ1) is 11.6. The molecule has 2 atom stereocenters. The molecule has 2 aliphatic rings. The molecular weight excluding hydrogens is 202 g/mol. The Labute approximate surface area is 97.2 Å². The Kier molecular flexibility index (Phi) is 2.09. The van der Waals surface area contributed by atoms with Crippen molar-refractivity contribution in [2.75, 3.05) is 14.1 Å². The van der Waals surface area contributed by atoms with Crippen molar-refractivity contribution in [1.29, 1.82) is 0 Å². The third-order valence-electron chi connectivity index (χ3n) is 5.52. The second-order valence-electron chi connectivity index (χ2n) is 6.34. The molecular formula is C13H21NO2. The van der Waals surface area contributed by atoms with Crippen LogP contribution in [0.4, 0.5) is 0 Å². The number of amides is 1. The Morgan fingerprint density at radius 2 is 1.75 bits per heavy atom. The first-order valence-corrected chi connectivity index (χ1v) is 5.94. The predicted octanol–water partition coefficient (Wildman–Crippen LogP) is 1.86. The molecule has 1 amide bonds. The van der Waals surface area contributed by atoms with Gasteiger partial charge in [-0.1, -0.05) is 20.8 Å². The summed E-state index contributed by atoms with van der Waals surface area (Å²) < 4.78 is 0. The molecule has 0 N–H and O–H groups in total. The second-order valence-corrected chi connectivity index (χ2v) is 6.34. The molecule has 2 aliphatic carbocycles. The van der Waals surface area contributed by atoms with Crippen molar-refractivity contribution in [3.63, 3.8) is 0 Å². The van der Waals surface area contributed by atoms with Gasteiger partial charge in [-0.15, -0.1) is 0 Å². The number of carbonyl (C=O) groups is 2. The van der Waals surface area contributed by atoms with E-state index in [2.05, 4.69) is 13.8 Å². The summed E-state index contributed by atoms with van der Waals surface area (Å²) in [6.45, 7) is 6.21. The predicted molar refractivity (Wildman–Crippen MR) is 61.9 cm³/mol. The van der Waals surface area contributed by atoms with Crippen molar-refractivity contribution in [3.8, 4) is 0 Å². The zero-order valence-electron chi connectivity index (χ0n) is 10.9. The molecule has 0 aliphatic heterocycles. The van der Waals surface area contributed by atoms with Gasteiger partial charge in [0, 0.05) is 25.9 Å². The average Bonchev–Trinajstić information content (AvgIpc) is 2.46. The summed E-state index contributed by atoms with van der Waals surface area (Å²) in [6, 6.07) is 0. The van der Waals surface area contributed by atoms with Crippen LogP contribution in [0.15, 0.2) is 0 Å². The molecule has 0 aromatic carbocycles. The van der Waals surface area contributed by atoms with Gasteiger partial charge in [-0.3, -0.25) is 9.59 Å². The van der Waals surface area contributed by atoms with E-state index in [1.807, 2.05) is 6.92 Å². The van der Waals surface area contributed by atoms with E-state index in [0.717, 1.165) is 12.8 Å². The van der Waals surface area contributed by atoms with Crippen molar-refractivity contribution in [1.82, 2.24) is 4.90 Å². The molecule has 0 radical (unpaired) electrons. The van der Waals surface area contributed by atoms with Crippen LogP contribution < -0.4 is 0 Å². The van der Waals surface area contributed by atoms with E-state index >= 15 is 0 Å². The number of Topliss-reactive ketones (excluding diaryl/α,β-unsaturated/α-hetero) is 1. The van der Waals surface area contributed by atoms with Gasteiger partial charge in [0.15, 0.2) is 0 Å². The summed E-state index contributed by atoms with van der Waals surface area (Å²) in [4.78, 5) is 26.2. The van der Waals surface area contributed by atoms with Crippen LogP contribution in [0, 0.1) is 16.2 Å². The summed E-state index contributed by atoms with van der Waals surface area (Å²) in [5, 5.41) is 0. The van der Waals surface area contributed by atoms with Crippen molar-refractivity contribution in [2.24, 2.45) is 16.2 Å². The molecule has 0 aromatic rings. The standard InChI is InChI=1S/C13H21NO2/c1-11(2)12(3)6-7-13(11,8-9(12)15)10(16)14(4)5/h6-8H2,1-5H3. The van der Waals surface area contributed by atoms with Gasteiger partial charge in [0.2, 0.25) is 5.91 Å². The maximum Gasteiger partial charge on any atom is 0.229 e. The normalized spacial score (nSPS) is 40.2. The lowest BCUT2D eigenvalue weighted by Gasteiger charge is -2.40. The van der Waals surface area contributed by atoms with Gasteiger partial charge in [0.25, 0.3) is 0 Å². The maximum atomic E-state index is 12.4. The molecule has 3 heteroatoms. The summed E-state index contributed by atoms with van der Waals surface area (Å²) >= 11 is 0. The fraction of sp³-hybridized carbons (Fsp3) is 0.846. The lowest BCUT2D eigenvalue weighted by Crippen LogP contribution is -2.46. The van der Waals surface area contributed by atoms with Crippen LogP contribution in [0.5, 0.6) is 0 Å². The molecule has 0 aromatic heterocycles. The summed E-state index contributed by atoms with van der Waals surface area (Å²) in [6.07, 6.45) is 2.16. The number of fused-ring (bicyclic) bond motifs is 2. The third kappa shape index (κ3) is 0.950. The van der Waals surface area contributed by atoms with Crippen LogP contribution >= 0.6 is 0 Å². The van der Waals surface area contributed by atoms with E-state index in [9.17, 15) is 9.59 Å². The van der Waals surface area contributed by atoms with Gasteiger partial charge < -0.3 is 4.90 Å². The summed E-state index contributed by atoms with van der Waals surface area (Å²) in [5.41, 5.74) is -0.945. The van der Waals surface area contributed by atoms with E-state index in [4.69, 9.17) is 0 Å². The van der Waals surface area contributed by atoms with Crippen LogP contribution in [0.1, 0.15) is 40.0 Å². The fourth-order valence-corrected chi connectivity index (χ4v) is 3.76. The molecule has 2 unspecified atom stereocenters. The Balaban J connectivity index is 2.52. The van der Waals surface area contributed by atoms with Gasteiger partial charge >= 0.3 is 0 Å². The summed E-state index contributed by atoms with van der Waals surface area (Å²) in [7, 11) is 3.57. The van der Waals surface area contributed by atoms with Crippen LogP contribution in [0.25, 0.3) is 0 Å². The number of hydrogen-bond donors (Lipinski definition) is 0. The van der Waals surface area contributed by atoms with Gasteiger partial charge in [-0.05, 0) is 18.3 Å². The van der Waals surface area contributed by atoms with Gasteiger partial charge in [-0.25, -0.2) is 0 Å².